The summed E-state index contributed by atoms with van der Waals surface area (Å²) in [5.41, 5.74) is 6.91. The number of nitrogens with zero attached hydrogens (tertiary/aromatic N) is 1. The molecular weight excluding hydrogens is 421 g/mol. The monoisotopic (exact) mass is 457 g/mol. The Labute approximate surface area is 203 Å². The molecule has 1 N–H and O–H groups in total. The number of benzene rings is 3. The number of likely N-dealkylation sites (tertiary alicyclic amines) is 1. The molecule has 0 saturated carbocycles. The van der Waals surface area contributed by atoms with Crippen LogP contribution in [0.1, 0.15) is 70.9 Å². The normalized spacial score (nSPS) is 20.8. The second-order valence-corrected chi connectivity index (χ2v) is 10.3. The van der Waals surface area contributed by atoms with E-state index in [-0.39, 0.29) is 11.7 Å². The van der Waals surface area contributed by atoms with E-state index in [1.807, 2.05) is 6.07 Å². The second-order valence-electron chi connectivity index (χ2n) is 10.3. The van der Waals surface area contributed by atoms with Crippen molar-refractivity contribution < 1.29 is 9.50 Å². The molecule has 1 heterocycles. The second kappa shape index (κ2) is 10.3. The van der Waals surface area contributed by atoms with Crippen LogP contribution in [0.4, 0.5) is 4.39 Å². The first kappa shape index (κ1) is 23.1. The first-order valence-corrected chi connectivity index (χ1v) is 13.0. The zero-order valence-electron chi connectivity index (χ0n) is 20.3. The number of fused-ring (bicyclic) bond motifs is 1. The van der Waals surface area contributed by atoms with Crippen molar-refractivity contribution in [2.45, 2.75) is 63.7 Å². The molecule has 0 bridgehead atoms. The fourth-order valence-corrected chi connectivity index (χ4v) is 6.02. The van der Waals surface area contributed by atoms with Gasteiger partial charge in [-0.3, -0.25) is 0 Å². The first-order chi connectivity index (χ1) is 16.6. The fraction of sp³-hybridized carbons (Fsp3) is 0.419. The van der Waals surface area contributed by atoms with E-state index in [2.05, 4.69) is 60.4 Å². The van der Waals surface area contributed by atoms with Gasteiger partial charge < -0.3 is 10.0 Å². The summed E-state index contributed by atoms with van der Waals surface area (Å²) in [6, 6.07) is 21.2. The van der Waals surface area contributed by atoms with E-state index < -0.39 is 5.82 Å². The molecule has 1 fully saturated rings. The smallest absolute Gasteiger partial charge is 0.168 e. The summed E-state index contributed by atoms with van der Waals surface area (Å²) in [7, 11) is 0. The van der Waals surface area contributed by atoms with Crippen molar-refractivity contribution in [3.63, 3.8) is 0 Å². The number of rotatable bonds is 6. The number of phenolic OH excluding ortho intramolecular Hbond substituents is 1. The molecule has 2 nitrogen and oxygen atoms in total. The Morgan fingerprint density at radius 3 is 2.41 bits per heavy atom. The standard InChI is InChI=1S/C31H36FNO/c1-22-7-5-9-25(19-22)28-21-29-26(14-15-30(34)31(29)32)20-27(28)24-12-10-23(11-13-24)8-6-18-33-16-3-2-4-17-33/h5,7,9-15,19,27-28,34H,2-4,6,8,16-18,20-21H2,1H3. The van der Waals surface area contributed by atoms with Crippen LogP contribution in [-0.2, 0) is 19.3 Å². The van der Waals surface area contributed by atoms with Gasteiger partial charge in [0.25, 0.3) is 0 Å². The summed E-state index contributed by atoms with van der Waals surface area (Å²) in [6.45, 7) is 5.84. The highest BCUT2D eigenvalue weighted by atomic mass is 19.1. The van der Waals surface area contributed by atoms with Crippen LogP contribution in [0.5, 0.6) is 5.75 Å². The fourth-order valence-electron chi connectivity index (χ4n) is 6.02. The maximum Gasteiger partial charge on any atom is 0.168 e. The third-order valence-corrected chi connectivity index (χ3v) is 7.94. The minimum Gasteiger partial charge on any atom is -0.505 e. The van der Waals surface area contributed by atoms with Crippen LogP contribution in [0, 0.1) is 12.7 Å². The van der Waals surface area contributed by atoms with Gasteiger partial charge in [-0.2, -0.15) is 0 Å². The number of piperidine rings is 1. The van der Waals surface area contributed by atoms with Gasteiger partial charge in [0.1, 0.15) is 0 Å². The van der Waals surface area contributed by atoms with Gasteiger partial charge in [0.15, 0.2) is 11.6 Å². The Kier molecular flexibility index (Phi) is 7.01. The summed E-state index contributed by atoms with van der Waals surface area (Å²) in [5, 5.41) is 9.97. The predicted octanol–water partition coefficient (Wildman–Crippen LogP) is 6.92. The molecule has 2 atom stereocenters. The zero-order valence-corrected chi connectivity index (χ0v) is 20.3. The van der Waals surface area contributed by atoms with Gasteiger partial charge in [0.2, 0.25) is 0 Å². The highest BCUT2D eigenvalue weighted by Gasteiger charge is 2.33. The molecule has 5 rings (SSSR count). The van der Waals surface area contributed by atoms with Crippen molar-refractivity contribution >= 4 is 0 Å². The molecule has 178 valence electrons. The molecule has 0 amide bonds. The molecule has 0 spiro atoms. The van der Waals surface area contributed by atoms with Gasteiger partial charge >= 0.3 is 0 Å². The summed E-state index contributed by atoms with van der Waals surface area (Å²) in [6.07, 6.45) is 7.83. The maximum absolute atomic E-state index is 14.8. The van der Waals surface area contributed by atoms with E-state index in [4.69, 9.17) is 0 Å². The molecule has 3 heteroatoms. The van der Waals surface area contributed by atoms with Crippen molar-refractivity contribution in [1.29, 1.82) is 0 Å². The van der Waals surface area contributed by atoms with Gasteiger partial charge in [-0.05, 0) is 111 Å². The highest BCUT2D eigenvalue weighted by molar-refractivity contribution is 5.45. The number of aromatic hydroxyl groups is 1. The first-order valence-electron chi connectivity index (χ1n) is 13.0. The lowest BCUT2D eigenvalue weighted by Gasteiger charge is -2.34. The number of hydrogen-bond acceptors (Lipinski definition) is 2. The lowest BCUT2D eigenvalue weighted by Crippen LogP contribution is -2.30. The van der Waals surface area contributed by atoms with E-state index in [0.29, 0.717) is 17.9 Å². The molecule has 3 aromatic rings. The minimum atomic E-state index is -0.447. The molecule has 1 aliphatic carbocycles. The molecular formula is C31H36FNO. The van der Waals surface area contributed by atoms with E-state index in [0.717, 1.165) is 18.4 Å². The van der Waals surface area contributed by atoms with Gasteiger partial charge in [-0.25, -0.2) is 4.39 Å². The summed E-state index contributed by atoms with van der Waals surface area (Å²) < 4.78 is 14.8. The Morgan fingerprint density at radius 2 is 1.65 bits per heavy atom. The molecule has 3 aromatic carbocycles. The van der Waals surface area contributed by atoms with Crippen LogP contribution < -0.4 is 0 Å². The maximum atomic E-state index is 14.8. The molecule has 0 aromatic heterocycles. The van der Waals surface area contributed by atoms with Crippen LogP contribution >= 0.6 is 0 Å². The average Bonchev–Trinajstić information content (AvgIpc) is 2.87. The van der Waals surface area contributed by atoms with Gasteiger partial charge in [-0.1, -0.05) is 66.6 Å². The lowest BCUT2D eigenvalue weighted by atomic mass is 9.69. The van der Waals surface area contributed by atoms with Crippen molar-refractivity contribution in [3.05, 3.63) is 99.9 Å². The summed E-state index contributed by atoms with van der Waals surface area (Å²) >= 11 is 0. The largest absolute Gasteiger partial charge is 0.505 e. The molecule has 2 unspecified atom stereocenters. The molecule has 1 saturated heterocycles. The molecule has 0 radical (unpaired) electrons. The van der Waals surface area contributed by atoms with Crippen LogP contribution in [0.25, 0.3) is 0 Å². The van der Waals surface area contributed by atoms with Crippen LogP contribution in [0.15, 0.2) is 60.7 Å². The van der Waals surface area contributed by atoms with Crippen LogP contribution in [-0.4, -0.2) is 29.6 Å². The quantitative estimate of drug-likeness (QED) is 0.434. The Hall–Kier alpha value is -2.65. The van der Waals surface area contributed by atoms with Crippen molar-refractivity contribution in [2.24, 2.45) is 0 Å². The number of aryl methyl sites for hydroxylation is 2. The zero-order chi connectivity index (χ0) is 23.5. The number of halogens is 1. The van der Waals surface area contributed by atoms with Gasteiger partial charge in [0, 0.05) is 0 Å². The van der Waals surface area contributed by atoms with Gasteiger partial charge in [0.05, 0.1) is 0 Å². The predicted molar refractivity (Wildman–Crippen MR) is 137 cm³/mol. The molecule has 34 heavy (non-hydrogen) atoms. The van der Waals surface area contributed by atoms with Crippen LogP contribution in [0.3, 0.4) is 0 Å². The third kappa shape index (κ3) is 5.05. The van der Waals surface area contributed by atoms with E-state index >= 15 is 0 Å². The summed E-state index contributed by atoms with van der Waals surface area (Å²) in [5.74, 6) is -0.207. The lowest BCUT2D eigenvalue weighted by molar-refractivity contribution is 0.226. The highest BCUT2D eigenvalue weighted by Crippen LogP contribution is 2.45. The number of phenols is 1. The Morgan fingerprint density at radius 1 is 0.882 bits per heavy atom. The van der Waals surface area contributed by atoms with Gasteiger partial charge in [-0.15, -0.1) is 0 Å². The van der Waals surface area contributed by atoms with E-state index in [9.17, 15) is 9.50 Å². The number of hydrogen-bond donors (Lipinski definition) is 1. The van der Waals surface area contributed by atoms with Crippen molar-refractivity contribution in [3.8, 4) is 5.75 Å². The average molecular weight is 458 g/mol. The Bertz CT molecular complexity index is 1120. The van der Waals surface area contributed by atoms with Crippen molar-refractivity contribution in [1.82, 2.24) is 4.90 Å². The SMILES string of the molecule is Cc1cccc(C2Cc3c(ccc(O)c3F)CC2c2ccc(CCCN3CCCCC3)cc2)c1. The topological polar surface area (TPSA) is 23.5 Å². The molecule has 1 aliphatic heterocycles. The minimum absolute atomic E-state index is 0.189. The third-order valence-electron chi connectivity index (χ3n) is 7.94. The van der Waals surface area contributed by atoms with E-state index in [1.165, 1.54) is 73.6 Å². The molecule has 2 aliphatic rings. The van der Waals surface area contributed by atoms with E-state index in [1.54, 1.807) is 0 Å². The summed E-state index contributed by atoms with van der Waals surface area (Å²) in [4.78, 5) is 2.61. The van der Waals surface area contributed by atoms with Crippen LogP contribution in [0.2, 0.25) is 0 Å². The van der Waals surface area contributed by atoms with Crippen molar-refractivity contribution in [2.75, 3.05) is 19.6 Å². The Balaban J connectivity index is 1.35.